The number of nitrogens with zero attached hydrogens (tertiary/aromatic N) is 5. The van der Waals surface area contributed by atoms with Crippen LogP contribution < -0.4 is 16.8 Å². The number of nitrogens with two attached hydrogens (primary N) is 2. The predicted octanol–water partition coefficient (Wildman–Crippen LogP) is 2.77. The second-order valence-corrected chi connectivity index (χ2v) is 9.02. The molecule has 4 aromatic rings. The molecule has 1 aliphatic rings. The van der Waals surface area contributed by atoms with Crippen LogP contribution in [-0.2, 0) is 10.3 Å². The van der Waals surface area contributed by atoms with Crippen LogP contribution in [0.25, 0.3) is 17.0 Å². The summed E-state index contributed by atoms with van der Waals surface area (Å²) >= 11 is 6.22. The first kappa shape index (κ1) is 26.3. The molecule has 11 heteroatoms. The molecule has 5 rings (SSSR count). The van der Waals surface area contributed by atoms with Crippen molar-refractivity contribution in [2.45, 2.75) is 5.54 Å². The van der Waals surface area contributed by atoms with Crippen molar-refractivity contribution >= 4 is 35.5 Å². The van der Waals surface area contributed by atoms with E-state index in [1.165, 1.54) is 0 Å². The molecule has 5 N–H and O–H groups in total. The summed E-state index contributed by atoms with van der Waals surface area (Å²) in [4.78, 5) is 16.4. The molecule has 36 heavy (non-hydrogen) atoms. The standard InChI is InChI=1S/C25H29ClN8O.ClH/c26-19-4-1-3-18(15-19)25(28,17-27)22-6-2-5-20(32-22)21-16-31-24-23(30-8-10-34(21)24)29-7-9-33-11-13-35-14-12-33;/h1-6,8,10,15-16H,7,9,11-14,17,27-28H2,(H,29,30);1H. The summed E-state index contributed by atoms with van der Waals surface area (Å²) in [6.45, 7) is 5.35. The molecule has 1 atom stereocenters. The van der Waals surface area contributed by atoms with Gasteiger partial charge in [0, 0.05) is 50.1 Å². The highest BCUT2D eigenvalue weighted by Gasteiger charge is 2.30. The Kier molecular flexibility index (Phi) is 8.40. The zero-order chi connectivity index (χ0) is 24.3. The highest BCUT2D eigenvalue weighted by atomic mass is 35.5. The van der Waals surface area contributed by atoms with E-state index in [4.69, 9.17) is 32.8 Å². The first-order chi connectivity index (χ1) is 17.1. The SMILES string of the molecule is Cl.NCC(N)(c1cccc(Cl)c1)c1cccc(-c2cnc3c(NCCN4CCOCC4)nccn23)n1. The van der Waals surface area contributed by atoms with Crippen molar-refractivity contribution in [3.8, 4) is 11.4 Å². The van der Waals surface area contributed by atoms with Crippen molar-refractivity contribution in [3.63, 3.8) is 0 Å². The molecule has 0 bridgehead atoms. The van der Waals surface area contributed by atoms with E-state index in [1.807, 2.05) is 53.1 Å². The molecule has 3 aromatic heterocycles. The van der Waals surface area contributed by atoms with Crippen molar-refractivity contribution in [3.05, 3.63) is 77.3 Å². The van der Waals surface area contributed by atoms with Gasteiger partial charge in [-0.1, -0.05) is 29.8 Å². The molecule has 0 radical (unpaired) electrons. The maximum absolute atomic E-state index is 6.78. The zero-order valence-corrected chi connectivity index (χ0v) is 21.4. The number of hydrogen-bond acceptors (Lipinski definition) is 8. The Morgan fingerprint density at radius 2 is 1.92 bits per heavy atom. The molecule has 9 nitrogen and oxygen atoms in total. The van der Waals surface area contributed by atoms with Crippen LogP contribution >= 0.6 is 24.0 Å². The third-order valence-electron chi connectivity index (χ3n) is 6.38. The fraction of sp³-hybridized carbons (Fsp3) is 0.320. The van der Waals surface area contributed by atoms with Gasteiger partial charge in [-0.25, -0.2) is 15.0 Å². The molecule has 1 aromatic carbocycles. The summed E-state index contributed by atoms with van der Waals surface area (Å²) in [5.41, 5.74) is 15.7. The Labute approximate surface area is 221 Å². The molecule has 1 fully saturated rings. The summed E-state index contributed by atoms with van der Waals surface area (Å²) in [6, 6.07) is 13.2. The summed E-state index contributed by atoms with van der Waals surface area (Å²) in [5, 5.41) is 4.03. The van der Waals surface area contributed by atoms with Crippen LogP contribution in [0.4, 0.5) is 5.82 Å². The van der Waals surface area contributed by atoms with Gasteiger partial charge < -0.3 is 21.5 Å². The molecule has 0 saturated carbocycles. The van der Waals surface area contributed by atoms with Crippen LogP contribution in [0.3, 0.4) is 0 Å². The van der Waals surface area contributed by atoms with E-state index in [0.717, 1.165) is 67.8 Å². The number of aromatic nitrogens is 4. The lowest BCUT2D eigenvalue weighted by Crippen LogP contribution is -2.45. The topological polar surface area (TPSA) is 120 Å². The zero-order valence-electron chi connectivity index (χ0n) is 19.8. The van der Waals surface area contributed by atoms with Crippen molar-refractivity contribution in [1.82, 2.24) is 24.3 Å². The van der Waals surface area contributed by atoms with E-state index in [0.29, 0.717) is 10.7 Å². The molecule has 0 amide bonds. The van der Waals surface area contributed by atoms with Gasteiger partial charge >= 0.3 is 0 Å². The van der Waals surface area contributed by atoms with E-state index >= 15 is 0 Å². The van der Waals surface area contributed by atoms with Crippen LogP contribution in [0.15, 0.2) is 61.1 Å². The fourth-order valence-electron chi connectivity index (χ4n) is 4.35. The summed E-state index contributed by atoms with van der Waals surface area (Å²) in [7, 11) is 0. The van der Waals surface area contributed by atoms with E-state index in [1.54, 1.807) is 12.4 Å². The molecular formula is C25H30Cl2N8O. The van der Waals surface area contributed by atoms with Gasteiger partial charge in [0.05, 0.1) is 42.0 Å². The maximum atomic E-state index is 6.78. The van der Waals surface area contributed by atoms with Gasteiger partial charge in [-0.2, -0.15) is 0 Å². The fourth-order valence-corrected chi connectivity index (χ4v) is 4.54. The van der Waals surface area contributed by atoms with E-state index in [-0.39, 0.29) is 19.0 Å². The first-order valence-electron chi connectivity index (χ1n) is 11.7. The lowest BCUT2D eigenvalue weighted by atomic mass is 9.87. The van der Waals surface area contributed by atoms with Crippen LogP contribution in [0.1, 0.15) is 11.3 Å². The molecule has 4 heterocycles. The molecule has 0 aliphatic carbocycles. The molecule has 1 saturated heterocycles. The van der Waals surface area contributed by atoms with Gasteiger partial charge in [0.25, 0.3) is 0 Å². The average molecular weight is 529 g/mol. The predicted molar refractivity (Wildman–Crippen MR) is 145 cm³/mol. The molecule has 0 spiro atoms. The minimum absolute atomic E-state index is 0. The van der Waals surface area contributed by atoms with E-state index in [9.17, 15) is 0 Å². The van der Waals surface area contributed by atoms with Crippen molar-refractivity contribution in [2.24, 2.45) is 11.5 Å². The monoisotopic (exact) mass is 528 g/mol. The number of hydrogen-bond donors (Lipinski definition) is 3. The Bertz CT molecular complexity index is 1310. The molecular weight excluding hydrogens is 499 g/mol. The van der Waals surface area contributed by atoms with Crippen molar-refractivity contribution in [2.75, 3.05) is 51.3 Å². The van der Waals surface area contributed by atoms with Gasteiger partial charge in [-0.3, -0.25) is 9.30 Å². The van der Waals surface area contributed by atoms with Crippen LogP contribution in [-0.4, -0.2) is 70.2 Å². The Hall–Kier alpha value is -2.79. The minimum atomic E-state index is -0.977. The summed E-state index contributed by atoms with van der Waals surface area (Å²) in [6.07, 6.45) is 5.45. The van der Waals surface area contributed by atoms with Gasteiger partial charge in [-0.15, -0.1) is 12.4 Å². The van der Waals surface area contributed by atoms with E-state index < -0.39 is 5.54 Å². The second kappa shape index (κ2) is 11.5. The lowest BCUT2D eigenvalue weighted by Gasteiger charge is -2.28. The summed E-state index contributed by atoms with van der Waals surface area (Å²) < 4.78 is 7.40. The Morgan fingerprint density at radius 1 is 1.11 bits per heavy atom. The highest BCUT2D eigenvalue weighted by molar-refractivity contribution is 6.30. The number of rotatable bonds is 8. The first-order valence-corrected chi connectivity index (χ1v) is 12.1. The van der Waals surface area contributed by atoms with Crippen molar-refractivity contribution in [1.29, 1.82) is 0 Å². The summed E-state index contributed by atoms with van der Waals surface area (Å²) in [5.74, 6) is 0.734. The number of imidazole rings is 1. The smallest absolute Gasteiger partial charge is 0.180 e. The van der Waals surface area contributed by atoms with Gasteiger partial charge in [0.2, 0.25) is 0 Å². The average Bonchev–Trinajstić information content (AvgIpc) is 3.34. The number of morpholine rings is 1. The number of nitrogens with one attached hydrogen (secondary N) is 1. The number of ether oxygens (including phenoxy) is 1. The Morgan fingerprint density at radius 3 is 2.69 bits per heavy atom. The largest absolute Gasteiger partial charge is 0.379 e. The number of benzene rings is 1. The third kappa shape index (κ3) is 5.31. The van der Waals surface area contributed by atoms with Crippen LogP contribution in [0.2, 0.25) is 5.02 Å². The Balaban J connectivity index is 0.00000304. The second-order valence-electron chi connectivity index (χ2n) is 8.59. The van der Waals surface area contributed by atoms with E-state index in [2.05, 4.69) is 20.2 Å². The van der Waals surface area contributed by atoms with Crippen molar-refractivity contribution < 1.29 is 4.74 Å². The van der Waals surface area contributed by atoms with Gasteiger partial charge in [-0.05, 0) is 29.8 Å². The quantitative estimate of drug-likeness (QED) is 0.319. The highest BCUT2D eigenvalue weighted by Crippen LogP contribution is 2.29. The number of pyridine rings is 1. The third-order valence-corrected chi connectivity index (χ3v) is 6.62. The maximum Gasteiger partial charge on any atom is 0.180 e. The lowest BCUT2D eigenvalue weighted by molar-refractivity contribution is 0.0398. The van der Waals surface area contributed by atoms with Gasteiger partial charge in [0.1, 0.15) is 0 Å². The van der Waals surface area contributed by atoms with Crippen LogP contribution in [0, 0.1) is 0 Å². The number of halogens is 2. The van der Waals surface area contributed by atoms with Crippen LogP contribution in [0.5, 0.6) is 0 Å². The molecule has 190 valence electrons. The minimum Gasteiger partial charge on any atom is -0.379 e. The number of fused-ring (bicyclic) bond motifs is 1. The normalized spacial score (nSPS) is 15.9. The molecule has 1 unspecified atom stereocenters. The van der Waals surface area contributed by atoms with Gasteiger partial charge in [0.15, 0.2) is 11.5 Å². The number of anilines is 1. The molecule has 1 aliphatic heterocycles.